The summed E-state index contributed by atoms with van der Waals surface area (Å²) in [7, 11) is 0. The minimum Gasteiger partial charge on any atom is -0.409 e. The molecular weight excluding hydrogens is 218 g/mol. The zero-order chi connectivity index (χ0) is 12.4. The Labute approximate surface area is 98.4 Å². The van der Waals surface area contributed by atoms with Gasteiger partial charge < -0.3 is 10.9 Å². The number of aryl methyl sites for hydroxylation is 2. The van der Waals surface area contributed by atoms with Crippen LogP contribution in [0.1, 0.15) is 16.8 Å². The van der Waals surface area contributed by atoms with E-state index in [1.54, 1.807) is 23.1 Å². The van der Waals surface area contributed by atoms with Crippen molar-refractivity contribution in [2.75, 3.05) is 0 Å². The van der Waals surface area contributed by atoms with Crippen LogP contribution in [0.15, 0.2) is 29.7 Å². The van der Waals surface area contributed by atoms with Crippen LogP contribution in [0.2, 0.25) is 0 Å². The monoisotopic (exact) mass is 231 g/mol. The summed E-state index contributed by atoms with van der Waals surface area (Å²) in [6.07, 6.45) is 3.45. The van der Waals surface area contributed by atoms with Gasteiger partial charge in [-0.25, -0.2) is 9.67 Å². The fourth-order valence-electron chi connectivity index (χ4n) is 1.62. The van der Waals surface area contributed by atoms with E-state index in [0.717, 1.165) is 11.3 Å². The summed E-state index contributed by atoms with van der Waals surface area (Å²) in [6.45, 7) is 3.75. The molecule has 2 aromatic heterocycles. The van der Waals surface area contributed by atoms with Gasteiger partial charge >= 0.3 is 0 Å². The third-order valence-corrected chi connectivity index (χ3v) is 2.44. The molecule has 0 aromatic carbocycles. The molecule has 0 aliphatic heterocycles. The second kappa shape index (κ2) is 4.25. The quantitative estimate of drug-likeness (QED) is 0.349. The van der Waals surface area contributed by atoms with Crippen molar-refractivity contribution < 1.29 is 5.21 Å². The van der Waals surface area contributed by atoms with Crippen LogP contribution in [0.3, 0.4) is 0 Å². The molecule has 0 bridgehead atoms. The summed E-state index contributed by atoms with van der Waals surface area (Å²) in [5.74, 6) is 0.576. The molecule has 6 nitrogen and oxygen atoms in total. The number of nitrogens with two attached hydrogens (primary N) is 1. The second-order valence-corrected chi connectivity index (χ2v) is 3.71. The Balaban J connectivity index is 2.66. The summed E-state index contributed by atoms with van der Waals surface area (Å²) < 4.78 is 1.61. The SMILES string of the molecule is Cc1ccn(-c2nccc(C)c2/C(N)=N/O)n1. The first kappa shape index (κ1) is 11.1. The van der Waals surface area contributed by atoms with Crippen LogP contribution in [0.4, 0.5) is 0 Å². The third-order valence-electron chi connectivity index (χ3n) is 2.44. The Hall–Kier alpha value is -2.37. The van der Waals surface area contributed by atoms with Gasteiger partial charge in [0.05, 0.1) is 11.3 Å². The molecule has 0 aliphatic carbocycles. The summed E-state index contributed by atoms with van der Waals surface area (Å²) >= 11 is 0. The van der Waals surface area contributed by atoms with Crippen molar-refractivity contribution in [1.82, 2.24) is 14.8 Å². The Morgan fingerprint density at radius 2 is 2.18 bits per heavy atom. The number of oxime groups is 1. The van der Waals surface area contributed by atoms with Crippen LogP contribution in [-0.4, -0.2) is 25.8 Å². The molecule has 0 atom stereocenters. The molecule has 0 unspecified atom stereocenters. The minimum atomic E-state index is 0.0266. The fraction of sp³-hybridized carbons (Fsp3) is 0.182. The highest BCUT2D eigenvalue weighted by Gasteiger charge is 2.13. The Morgan fingerprint density at radius 1 is 1.41 bits per heavy atom. The first-order chi connectivity index (χ1) is 8.13. The predicted octanol–water partition coefficient (Wildman–Crippen LogP) is 0.979. The van der Waals surface area contributed by atoms with Gasteiger partial charge in [-0.1, -0.05) is 5.16 Å². The van der Waals surface area contributed by atoms with E-state index in [1.165, 1.54) is 0 Å². The highest BCUT2D eigenvalue weighted by Crippen LogP contribution is 2.15. The van der Waals surface area contributed by atoms with Gasteiger partial charge in [-0.3, -0.25) is 0 Å². The fourth-order valence-corrected chi connectivity index (χ4v) is 1.62. The third kappa shape index (κ3) is 1.96. The lowest BCUT2D eigenvalue weighted by Crippen LogP contribution is -2.19. The molecule has 0 amide bonds. The van der Waals surface area contributed by atoms with Crippen LogP contribution in [0, 0.1) is 13.8 Å². The molecule has 6 heteroatoms. The number of aromatic nitrogens is 3. The first-order valence-corrected chi connectivity index (χ1v) is 5.09. The zero-order valence-electron chi connectivity index (χ0n) is 9.62. The van der Waals surface area contributed by atoms with Gasteiger partial charge in [-0.2, -0.15) is 5.10 Å². The van der Waals surface area contributed by atoms with Gasteiger partial charge in [0.1, 0.15) is 0 Å². The van der Waals surface area contributed by atoms with Gasteiger partial charge in [-0.05, 0) is 31.5 Å². The van der Waals surface area contributed by atoms with Gasteiger partial charge in [0.25, 0.3) is 0 Å². The molecule has 0 saturated carbocycles. The molecular formula is C11H13N5O. The van der Waals surface area contributed by atoms with E-state index >= 15 is 0 Å². The van der Waals surface area contributed by atoms with E-state index in [1.807, 2.05) is 19.9 Å². The lowest BCUT2D eigenvalue weighted by molar-refractivity contribution is 0.318. The van der Waals surface area contributed by atoms with Gasteiger partial charge in [0.15, 0.2) is 11.7 Å². The van der Waals surface area contributed by atoms with Crippen LogP contribution in [0.5, 0.6) is 0 Å². The van der Waals surface area contributed by atoms with Crippen LogP contribution in [0.25, 0.3) is 5.82 Å². The van der Waals surface area contributed by atoms with E-state index in [4.69, 9.17) is 10.9 Å². The average Bonchev–Trinajstić information content (AvgIpc) is 2.74. The Kier molecular flexibility index (Phi) is 2.78. The number of amidine groups is 1. The van der Waals surface area contributed by atoms with Crippen molar-refractivity contribution in [3.63, 3.8) is 0 Å². The molecule has 0 spiro atoms. The minimum absolute atomic E-state index is 0.0266. The van der Waals surface area contributed by atoms with E-state index in [2.05, 4.69) is 15.2 Å². The number of hydrogen-bond donors (Lipinski definition) is 2. The van der Waals surface area contributed by atoms with E-state index in [0.29, 0.717) is 11.4 Å². The maximum atomic E-state index is 8.79. The van der Waals surface area contributed by atoms with Crippen LogP contribution in [-0.2, 0) is 0 Å². The highest BCUT2D eigenvalue weighted by molar-refractivity contribution is 6.01. The van der Waals surface area contributed by atoms with E-state index in [9.17, 15) is 0 Å². The standard InChI is InChI=1S/C11H13N5O/c1-7-3-5-13-11(9(7)10(12)15-17)16-6-4-8(2)14-16/h3-6,17H,1-2H3,(H2,12,15). The molecule has 2 rings (SSSR count). The van der Waals surface area contributed by atoms with E-state index in [-0.39, 0.29) is 5.84 Å². The Morgan fingerprint density at radius 3 is 2.76 bits per heavy atom. The summed E-state index contributed by atoms with van der Waals surface area (Å²) in [6, 6.07) is 3.66. The van der Waals surface area contributed by atoms with Gasteiger partial charge in [0, 0.05) is 12.4 Å². The molecule has 0 aliphatic rings. The molecule has 88 valence electrons. The van der Waals surface area contributed by atoms with Crippen molar-refractivity contribution in [3.8, 4) is 5.82 Å². The van der Waals surface area contributed by atoms with Crippen LogP contribution < -0.4 is 5.73 Å². The maximum Gasteiger partial charge on any atom is 0.174 e. The predicted molar refractivity (Wildman–Crippen MR) is 63.3 cm³/mol. The van der Waals surface area contributed by atoms with Gasteiger partial charge in [-0.15, -0.1) is 0 Å². The zero-order valence-corrected chi connectivity index (χ0v) is 9.62. The van der Waals surface area contributed by atoms with E-state index < -0.39 is 0 Å². The largest absolute Gasteiger partial charge is 0.409 e. The topological polar surface area (TPSA) is 89.3 Å². The molecule has 0 fully saturated rings. The normalized spacial score (nSPS) is 11.8. The van der Waals surface area contributed by atoms with Crippen molar-refractivity contribution in [2.45, 2.75) is 13.8 Å². The van der Waals surface area contributed by atoms with Gasteiger partial charge in [0.2, 0.25) is 0 Å². The smallest absolute Gasteiger partial charge is 0.174 e. The molecule has 0 radical (unpaired) electrons. The molecule has 0 saturated heterocycles. The Bertz CT molecular complexity index is 573. The maximum absolute atomic E-state index is 8.79. The van der Waals surface area contributed by atoms with Crippen molar-refractivity contribution in [2.24, 2.45) is 10.9 Å². The molecule has 2 heterocycles. The number of pyridine rings is 1. The molecule has 2 aromatic rings. The van der Waals surface area contributed by atoms with Crippen LogP contribution >= 0.6 is 0 Å². The van der Waals surface area contributed by atoms with Crippen molar-refractivity contribution in [3.05, 3.63) is 41.3 Å². The first-order valence-electron chi connectivity index (χ1n) is 5.09. The number of hydrogen-bond acceptors (Lipinski definition) is 4. The number of nitrogens with zero attached hydrogens (tertiary/aromatic N) is 4. The van der Waals surface area contributed by atoms with Crippen molar-refractivity contribution >= 4 is 5.84 Å². The second-order valence-electron chi connectivity index (χ2n) is 3.71. The lowest BCUT2D eigenvalue weighted by atomic mass is 10.1. The number of rotatable bonds is 2. The molecule has 17 heavy (non-hydrogen) atoms. The lowest BCUT2D eigenvalue weighted by Gasteiger charge is -2.09. The molecule has 3 N–H and O–H groups in total. The van der Waals surface area contributed by atoms with Crippen molar-refractivity contribution in [1.29, 1.82) is 0 Å². The summed E-state index contributed by atoms with van der Waals surface area (Å²) in [4.78, 5) is 4.22. The highest BCUT2D eigenvalue weighted by atomic mass is 16.4. The average molecular weight is 231 g/mol. The summed E-state index contributed by atoms with van der Waals surface area (Å²) in [5, 5.41) is 16.1. The summed E-state index contributed by atoms with van der Waals surface area (Å²) in [5.41, 5.74) is 7.99.